The summed E-state index contributed by atoms with van der Waals surface area (Å²) in [6.07, 6.45) is 1.89. The topological polar surface area (TPSA) is 41.6 Å². The second-order valence-electron chi connectivity index (χ2n) is 8.41. The van der Waals surface area contributed by atoms with E-state index in [-0.39, 0.29) is 17.6 Å². The fraction of sp³-hybridized carbons (Fsp3) is 0.435. The lowest BCUT2D eigenvalue weighted by Crippen LogP contribution is -2.67. The van der Waals surface area contributed by atoms with Crippen molar-refractivity contribution >= 4 is 6.03 Å². The highest BCUT2D eigenvalue weighted by atomic mass is 16.5. The van der Waals surface area contributed by atoms with E-state index >= 15 is 0 Å². The van der Waals surface area contributed by atoms with Crippen LogP contribution in [0.4, 0.5) is 4.79 Å². The molecule has 2 aromatic rings. The van der Waals surface area contributed by atoms with Crippen molar-refractivity contribution in [2.45, 2.75) is 50.7 Å². The molecule has 0 unspecified atom stereocenters. The maximum atomic E-state index is 13.5. The molecule has 4 heteroatoms. The molecule has 0 radical (unpaired) electrons. The quantitative estimate of drug-likeness (QED) is 0.858. The lowest BCUT2D eigenvalue weighted by atomic mass is 9.84. The number of urea groups is 1. The van der Waals surface area contributed by atoms with Crippen LogP contribution in [-0.4, -0.2) is 29.7 Å². The van der Waals surface area contributed by atoms with E-state index < -0.39 is 5.54 Å². The zero-order valence-corrected chi connectivity index (χ0v) is 16.4. The Hall–Kier alpha value is -2.33. The van der Waals surface area contributed by atoms with E-state index in [1.807, 2.05) is 25.1 Å². The first kappa shape index (κ1) is 18.1. The molecule has 2 atom stereocenters. The normalized spacial score (nSPS) is 24.5. The lowest BCUT2D eigenvalue weighted by Gasteiger charge is -2.54. The Morgan fingerprint density at radius 3 is 2.56 bits per heavy atom. The molecule has 2 aliphatic rings. The van der Waals surface area contributed by atoms with Crippen LogP contribution in [0.3, 0.4) is 0 Å². The number of amides is 2. The van der Waals surface area contributed by atoms with Gasteiger partial charge in [0.2, 0.25) is 0 Å². The van der Waals surface area contributed by atoms with Crippen molar-refractivity contribution in [3.05, 3.63) is 71.3 Å². The number of morpholine rings is 1. The molecule has 0 saturated carbocycles. The molecule has 142 valence electrons. The molecule has 27 heavy (non-hydrogen) atoms. The van der Waals surface area contributed by atoms with Crippen molar-refractivity contribution in [2.75, 3.05) is 13.2 Å². The van der Waals surface area contributed by atoms with E-state index in [9.17, 15) is 4.79 Å². The van der Waals surface area contributed by atoms with Crippen LogP contribution in [0.2, 0.25) is 0 Å². The highest BCUT2D eigenvalue weighted by Gasteiger charge is 2.54. The van der Waals surface area contributed by atoms with Gasteiger partial charge in [-0.05, 0) is 50.3 Å². The van der Waals surface area contributed by atoms with E-state index in [4.69, 9.17) is 4.74 Å². The fourth-order valence-corrected chi connectivity index (χ4v) is 4.77. The minimum absolute atomic E-state index is 0.0173. The number of ether oxygens (including phenoxy) is 1. The summed E-state index contributed by atoms with van der Waals surface area (Å²) in [5, 5.41) is 3.23. The lowest BCUT2D eigenvalue weighted by molar-refractivity contribution is -0.117. The molecule has 1 fully saturated rings. The summed E-state index contributed by atoms with van der Waals surface area (Å²) in [4.78, 5) is 15.6. The Morgan fingerprint density at radius 2 is 1.78 bits per heavy atom. The number of hydrogen-bond donors (Lipinski definition) is 1. The molecule has 1 aliphatic carbocycles. The number of nitrogens with zero attached hydrogens (tertiary/aromatic N) is 1. The van der Waals surface area contributed by atoms with Crippen LogP contribution in [0, 0.1) is 0 Å². The third-order valence-corrected chi connectivity index (χ3v) is 6.00. The Labute approximate surface area is 161 Å². The Morgan fingerprint density at radius 1 is 1.07 bits per heavy atom. The van der Waals surface area contributed by atoms with Gasteiger partial charge in [0.15, 0.2) is 0 Å². The van der Waals surface area contributed by atoms with Gasteiger partial charge in [0.25, 0.3) is 0 Å². The predicted octanol–water partition coefficient (Wildman–Crippen LogP) is 4.41. The summed E-state index contributed by atoms with van der Waals surface area (Å²) in [5.74, 6) is 0. The van der Waals surface area contributed by atoms with E-state index in [1.54, 1.807) is 0 Å². The average Bonchev–Trinajstić information content (AvgIpc) is 3.00. The van der Waals surface area contributed by atoms with E-state index in [0.717, 1.165) is 18.4 Å². The van der Waals surface area contributed by atoms with E-state index in [2.05, 4.69) is 60.5 Å². The van der Waals surface area contributed by atoms with Crippen molar-refractivity contribution in [1.82, 2.24) is 10.2 Å². The van der Waals surface area contributed by atoms with Crippen molar-refractivity contribution in [3.8, 4) is 0 Å². The third-order valence-electron chi connectivity index (χ3n) is 6.00. The Balaban J connectivity index is 1.68. The SMILES string of the molecule is C[C@@H](NC(=O)N1C(C)(C)COC[C@@]12CCc1ccccc12)c1ccccc1. The van der Waals surface area contributed by atoms with Gasteiger partial charge in [0.1, 0.15) is 0 Å². The van der Waals surface area contributed by atoms with Gasteiger partial charge < -0.3 is 15.0 Å². The van der Waals surface area contributed by atoms with Crippen LogP contribution in [0.5, 0.6) is 0 Å². The average molecular weight is 364 g/mol. The van der Waals surface area contributed by atoms with Crippen LogP contribution in [0.15, 0.2) is 54.6 Å². The molecule has 1 heterocycles. The third kappa shape index (κ3) is 3.02. The molecule has 2 aromatic carbocycles. The summed E-state index contributed by atoms with van der Waals surface area (Å²) in [6, 6.07) is 18.5. The fourth-order valence-electron chi connectivity index (χ4n) is 4.77. The maximum absolute atomic E-state index is 13.5. The molecule has 0 bridgehead atoms. The van der Waals surface area contributed by atoms with Crippen LogP contribution >= 0.6 is 0 Å². The number of carbonyl (C=O) groups excluding carboxylic acids is 1. The largest absolute Gasteiger partial charge is 0.376 e. The molecule has 4 nitrogen and oxygen atoms in total. The van der Waals surface area contributed by atoms with Gasteiger partial charge in [-0.15, -0.1) is 0 Å². The number of benzene rings is 2. The number of rotatable bonds is 2. The van der Waals surface area contributed by atoms with E-state index in [0.29, 0.717) is 13.2 Å². The van der Waals surface area contributed by atoms with Gasteiger partial charge in [-0.1, -0.05) is 54.6 Å². The minimum atomic E-state index is -0.390. The number of aryl methyl sites for hydroxylation is 1. The number of fused-ring (bicyclic) bond motifs is 2. The molecular formula is C23H28N2O2. The van der Waals surface area contributed by atoms with Gasteiger partial charge >= 0.3 is 6.03 Å². The molecule has 1 aliphatic heterocycles. The summed E-state index contributed by atoms with van der Waals surface area (Å²) < 4.78 is 6.03. The summed E-state index contributed by atoms with van der Waals surface area (Å²) in [5.41, 5.74) is 2.90. The molecule has 1 N–H and O–H groups in total. The maximum Gasteiger partial charge on any atom is 0.319 e. The molecule has 0 aromatic heterocycles. The first-order valence-electron chi connectivity index (χ1n) is 9.76. The Bertz CT molecular complexity index is 829. The van der Waals surface area contributed by atoms with Gasteiger partial charge in [-0.3, -0.25) is 0 Å². The minimum Gasteiger partial charge on any atom is -0.376 e. The number of nitrogens with one attached hydrogen (secondary N) is 1. The predicted molar refractivity (Wildman–Crippen MR) is 107 cm³/mol. The van der Waals surface area contributed by atoms with Crippen LogP contribution in [-0.2, 0) is 16.7 Å². The second kappa shape index (κ2) is 6.68. The highest BCUT2D eigenvalue weighted by molar-refractivity contribution is 5.77. The number of carbonyl (C=O) groups is 1. The first-order valence-corrected chi connectivity index (χ1v) is 9.76. The summed E-state index contributed by atoms with van der Waals surface area (Å²) in [6.45, 7) is 7.34. The van der Waals surface area contributed by atoms with Crippen LogP contribution < -0.4 is 5.32 Å². The first-order chi connectivity index (χ1) is 12.9. The van der Waals surface area contributed by atoms with Gasteiger partial charge in [-0.25, -0.2) is 4.79 Å². The van der Waals surface area contributed by atoms with Crippen molar-refractivity contribution < 1.29 is 9.53 Å². The van der Waals surface area contributed by atoms with Gasteiger partial charge in [0.05, 0.1) is 30.3 Å². The molecule has 2 amide bonds. The smallest absolute Gasteiger partial charge is 0.319 e. The van der Waals surface area contributed by atoms with Crippen molar-refractivity contribution in [1.29, 1.82) is 0 Å². The number of hydrogen-bond acceptors (Lipinski definition) is 2. The van der Waals surface area contributed by atoms with Gasteiger partial charge in [0, 0.05) is 0 Å². The second-order valence-corrected chi connectivity index (χ2v) is 8.41. The summed E-state index contributed by atoms with van der Waals surface area (Å²) >= 11 is 0. The summed E-state index contributed by atoms with van der Waals surface area (Å²) in [7, 11) is 0. The molecule has 1 saturated heterocycles. The standard InChI is InChI=1S/C23H28N2O2/c1-17(18-9-5-4-6-10-18)24-21(26)25-22(2,3)15-27-16-23(25)14-13-19-11-7-8-12-20(19)23/h4-12,17H,13-16H2,1-3H3,(H,24,26)/t17-,23-/m1/s1. The Kier molecular flexibility index (Phi) is 4.47. The van der Waals surface area contributed by atoms with Crippen LogP contribution in [0.25, 0.3) is 0 Å². The van der Waals surface area contributed by atoms with Crippen LogP contribution in [0.1, 0.15) is 49.9 Å². The van der Waals surface area contributed by atoms with Crippen molar-refractivity contribution in [2.24, 2.45) is 0 Å². The highest BCUT2D eigenvalue weighted by Crippen LogP contribution is 2.47. The van der Waals surface area contributed by atoms with Gasteiger partial charge in [-0.2, -0.15) is 0 Å². The molecule has 4 rings (SSSR count). The zero-order chi connectivity index (χ0) is 19.1. The zero-order valence-electron chi connectivity index (χ0n) is 16.4. The van der Waals surface area contributed by atoms with E-state index in [1.165, 1.54) is 11.1 Å². The monoisotopic (exact) mass is 364 g/mol. The van der Waals surface area contributed by atoms with Crippen molar-refractivity contribution in [3.63, 3.8) is 0 Å². The molecular weight excluding hydrogens is 336 g/mol. The molecule has 1 spiro atoms.